The second kappa shape index (κ2) is 5.83. The monoisotopic (exact) mass is 281 g/mol. The average Bonchev–Trinajstić information content (AvgIpc) is 2.81. The van der Waals surface area contributed by atoms with Crippen LogP contribution in [0.5, 0.6) is 0 Å². The first-order valence-corrected chi connectivity index (χ1v) is 7.17. The molecule has 19 heavy (non-hydrogen) atoms. The van der Waals surface area contributed by atoms with E-state index in [0.29, 0.717) is 35.4 Å². The third-order valence-corrected chi connectivity index (χ3v) is 3.82. The smallest absolute Gasteiger partial charge is 0.287 e. The van der Waals surface area contributed by atoms with Crippen molar-refractivity contribution in [2.45, 2.75) is 18.1 Å². The van der Waals surface area contributed by atoms with Gasteiger partial charge in [0.05, 0.1) is 0 Å². The summed E-state index contributed by atoms with van der Waals surface area (Å²) in [6.45, 7) is 0. The van der Waals surface area contributed by atoms with Gasteiger partial charge in [0.25, 0.3) is 5.22 Å². The summed E-state index contributed by atoms with van der Waals surface area (Å²) in [5.74, 6) is 0.276. The molecule has 1 unspecified atom stereocenters. The fourth-order valence-electron chi connectivity index (χ4n) is 1.60. The van der Waals surface area contributed by atoms with Crippen LogP contribution in [-0.2, 0) is 15.6 Å². The third-order valence-electron chi connectivity index (χ3n) is 2.60. The Morgan fingerprint density at radius 2 is 2.32 bits per heavy atom. The SMILES string of the molecule is CNC(=O)CCCS(=O)c1nc2cc(N)ccc2o1. The topological polar surface area (TPSA) is 98.2 Å². The fourth-order valence-corrected chi connectivity index (χ4v) is 2.56. The molecular weight excluding hydrogens is 266 g/mol. The summed E-state index contributed by atoms with van der Waals surface area (Å²) in [4.78, 5) is 15.2. The van der Waals surface area contributed by atoms with E-state index in [1.54, 1.807) is 25.2 Å². The number of nitrogens with zero attached hydrogens (tertiary/aromatic N) is 1. The minimum absolute atomic E-state index is 0.0673. The van der Waals surface area contributed by atoms with Crippen LogP contribution >= 0.6 is 0 Å². The normalized spacial score (nSPS) is 12.5. The van der Waals surface area contributed by atoms with Crippen molar-refractivity contribution in [3.63, 3.8) is 0 Å². The molecule has 0 bridgehead atoms. The number of carbonyl (C=O) groups excluding carboxylic acids is 1. The number of hydrogen-bond donors (Lipinski definition) is 2. The maximum absolute atomic E-state index is 12.0. The third kappa shape index (κ3) is 3.31. The van der Waals surface area contributed by atoms with Crippen LogP contribution in [0.3, 0.4) is 0 Å². The first-order valence-electron chi connectivity index (χ1n) is 5.85. The molecule has 1 aromatic carbocycles. The molecule has 3 N–H and O–H groups in total. The van der Waals surface area contributed by atoms with Gasteiger partial charge in [0.15, 0.2) is 5.58 Å². The van der Waals surface area contributed by atoms with Crippen LogP contribution in [-0.4, -0.2) is 27.9 Å². The number of benzene rings is 1. The number of anilines is 1. The van der Waals surface area contributed by atoms with Gasteiger partial charge >= 0.3 is 0 Å². The van der Waals surface area contributed by atoms with Gasteiger partial charge in [-0.2, -0.15) is 0 Å². The molecule has 0 fully saturated rings. The number of rotatable bonds is 5. The quantitative estimate of drug-likeness (QED) is 0.798. The molecule has 6 nitrogen and oxygen atoms in total. The Balaban J connectivity index is 2.03. The zero-order chi connectivity index (χ0) is 13.8. The molecule has 7 heteroatoms. The zero-order valence-electron chi connectivity index (χ0n) is 10.5. The first-order chi connectivity index (χ1) is 9.10. The minimum Gasteiger partial charge on any atom is -0.430 e. The summed E-state index contributed by atoms with van der Waals surface area (Å²) in [6.07, 6.45) is 0.864. The molecule has 0 saturated heterocycles. The van der Waals surface area contributed by atoms with Crippen molar-refractivity contribution in [3.05, 3.63) is 18.2 Å². The molecule has 1 atom stereocenters. The van der Waals surface area contributed by atoms with Gasteiger partial charge in [0.2, 0.25) is 5.91 Å². The number of carbonyl (C=O) groups is 1. The van der Waals surface area contributed by atoms with E-state index in [-0.39, 0.29) is 11.1 Å². The number of nitrogens with one attached hydrogen (secondary N) is 1. The van der Waals surface area contributed by atoms with E-state index in [0.717, 1.165) is 0 Å². The molecule has 2 rings (SSSR count). The van der Waals surface area contributed by atoms with Crippen LogP contribution in [0.4, 0.5) is 5.69 Å². The maximum Gasteiger partial charge on any atom is 0.287 e. The molecule has 2 aromatic rings. The molecule has 0 aliphatic rings. The molecular formula is C12H15N3O3S. The second-order valence-corrected chi connectivity index (χ2v) is 5.48. The van der Waals surface area contributed by atoms with E-state index < -0.39 is 10.8 Å². The highest BCUT2D eigenvalue weighted by molar-refractivity contribution is 7.84. The largest absolute Gasteiger partial charge is 0.430 e. The van der Waals surface area contributed by atoms with Crippen LogP contribution in [0, 0.1) is 0 Å². The number of hydrogen-bond acceptors (Lipinski definition) is 5. The number of aromatic nitrogens is 1. The lowest BCUT2D eigenvalue weighted by atomic mass is 10.3. The van der Waals surface area contributed by atoms with Crippen LogP contribution in [0.1, 0.15) is 12.8 Å². The lowest BCUT2D eigenvalue weighted by Crippen LogP contribution is -2.17. The summed E-state index contributed by atoms with van der Waals surface area (Å²) in [5, 5.41) is 2.69. The Hall–Kier alpha value is -1.89. The first kappa shape index (κ1) is 13.5. The molecule has 0 aliphatic heterocycles. The van der Waals surface area contributed by atoms with Crippen molar-refractivity contribution in [1.82, 2.24) is 10.3 Å². The second-order valence-electron chi connectivity index (χ2n) is 4.03. The predicted octanol–water partition coefficient (Wildman–Crippen LogP) is 1.04. The van der Waals surface area contributed by atoms with Gasteiger partial charge in [0, 0.05) is 24.9 Å². The van der Waals surface area contributed by atoms with Crippen molar-refractivity contribution < 1.29 is 13.4 Å². The number of amides is 1. The maximum atomic E-state index is 12.0. The van der Waals surface area contributed by atoms with Gasteiger partial charge in [0.1, 0.15) is 16.3 Å². The highest BCUT2D eigenvalue weighted by Gasteiger charge is 2.13. The van der Waals surface area contributed by atoms with E-state index in [4.69, 9.17) is 10.2 Å². The average molecular weight is 281 g/mol. The van der Waals surface area contributed by atoms with E-state index in [1.807, 2.05) is 0 Å². The Kier molecular flexibility index (Phi) is 4.16. The standard InChI is InChI=1S/C12H15N3O3S/c1-14-11(16)3-2-6-19(17)12-15-9-7-8(13)4-5-10(9)18-12/h4-5,7H,2-3,6,13H2,1H3,(H,14,16). The summed E-state index contributed by atoms with van der Waals surface area (Å²) in [5.41, 5.74) is 7.37. The number of oxazole rings is 1. The van der Waals surface area contributed by atoms with E-state index in [9.17, 15) is 9.00 Å². The van der Waals surface area contributed by atoms with Crippen LogP contribution in [0.15, 0.2) is 27.8 Å². The molecule has 1 aromatic heterocycles. The Morgan fingerprint density at radius 3 is 3.05 bits per heavy atom. The van der Waals surface area contributed by atoms with Gasteiger partial charge in [-0.05, 0) is 24.6 Å². The van der Waals surface area contributed by atoms with Gasteiger partial charge in [-0.1, -0.05) is 0 Å². The highest BCUT2D eigenvalue weighted by atomic mass is 32.2. The van der Waals surface area contributed by atoms with Crippen molar-refractivity contribution in [2.75, 3.05) is 18.5 Å². The van der Waals surface area contributed by atoms with Gasteiger partial charge in [-0.3, -0.25) is 4.79 Å². The molecule has 0 saturated carbocycles. The molecule has 0 aliphatic carbocycles. The van der Waals surface area contributed by atoms with Gasteiger partial charge in [-0.25, -0.2) is 9.19 Å². The van der Waals surface area contributed by atoms with Gasteiger partial charge < -0.3 is 15.5 Å². The summed E-state index contributed by atoms with van der Waals surface area (Å²) < 4.78 is 17.4. The summed E-state index contributed by atoms with van der Waals surface area (Å²) >= 11 is 0. The predicted molar refractivity (Wildman–Crippen MR) is 73.0 cm³/mol. The molecule has 1 amide bonds. The van der Waals surface area contributed by atoms with Gasteiger partial charge in [-0.15, -0.1) is 0 Å². The van der Waals surface area contributed by atoms with Crippen molar-refractivity contribution in [3.8, 4) is 0 Å². The zero-order valence-corrected chi connectivity index (χ0v) is 11.3. The van der Waals surface area contributed by atoms with Crippen LogP contribution in [0.25, 0.3) is 11.1 Å². The molecule has 102 valence electrons. The van der Waals surface area contributed by atoms with Crippen molar-refractivity contribution in [1.29, 1.82) is 0 Å². The number of nitrogens with two attached hydrogens (primary N) is 1. The van der Waals surface area contributed by atoms with E-state index in [2.05, 4.69) is 10.3 Å². The lowest BCUT2D eigenvalue weighted by molar-refractivity contribution is -0.120. The Labute approximate surface area is 112 Å². The van der Waals surface area contributed by atoms with Crippen LogP contribution in [0.2, 0.25) is 0 Å². The van der Waals surface area contributed by atoms with Crippen molar-refractivity contribution in [2.24, 2.45) is 0 Å². The minimum atomic E-state index is -1.34. The fraction of sp³-hybridized carbons (Fsp3) is 0.333. The number of fused-ring (bicyclic) bond motifs is 1. The molecule has 1 heterocycles. The van der Waals surface area contributed by atoms with Crippen molar-refractivity contribution >= 4 is 33.5 Å². The highest BCUT2D eigenvalue weighted by Crippen LogP contribution is 2.20. The summed E-state index contributed by atoms with van der Waals surface area (Å²) in [6, 6.07) is 5.07. The van der Waals surface area contributed by atoms with E-state index in [1.165, 1.54) is 0 Å². The summed E-state index contributed by atoms with van der Waals surface area (Å²) in [7, 11) is 0.234. The van der Waals surface area contributed by atoms with E-state index >= 15 is 0 Å². The Morgan fingerprint density at radius 1 is 1.53 bits per heavy atom. The molecule has 0 radical (unpaired) electrons. The number of nitrogen functional groups attached to an aromatic ring is 1. The molecule has 0 spiro atoms. The Bertz CT molecular complexity index is 624. The lowest BCUT2D eigenvalue weighted by Gasteiger charge is -1.98. The van der Waals surface area contributed by atoms with Crippen LogP contribution < -0.4 is 11.1 Å².